The number of fused-ring (bicyclic) bond motifs is 1. The van der Waals surface area contributed by atoms with Crippen LogP contribution in [-0.2, 0) is 9.53 Å². The van der Waals surface area contributed by atoms with Gasteiger partial charge in [0.1, 0.15) is 11.5 Å². The SMILES string of the molecule is CCOc1ccc(NC(=O)Nc2ccc3nc(-c4ccccc4)cc(OCC(=O)OC)c3c2)cc1. The molecule has 0 saturated heterocycles. The molecule has 0 spiro atoms. The van der Waals surface area contributed by atoms with Crippen molar-refractivity contribution in [3.05, 3.63) is 78.9 Å². The molecule has 35 heavy (non-hydrogen) atoms. The number of nitrogens with zero attached hydrogens (tertiary/aromatic N) is 1. The van der Waals surface area contributed by atoms with Crippen LogP contribution in [0.25, 0.3) is 22.2 Å². The van der Waals surface area contributed by atoms with E-state index in [1.807, 2.05) is 37.3 Å². The molecular weight excluding hydrogens is 446 g/mol. The molecule has 0 aliphatic heterocycles. The number of anilines is 2. The first-order valence-corrected chi connectivity index (χ1v) is 11.1. The molecule has 0 saturated carbocycles. The van der Waals surface area contributed by atoms with Gasteiger partial charge in [-0.15, -0.1) is 0 Å². The topological polar surface area (TPSA) is 98.8 Å². The maximum absolute atomic E-state index is 12.5. The van der Waals surface area contributed by atoms with Gasteiger partial charge < -0.3 is 24.8 Å². The molecule has 8 heteroatoms. The van der Waals surface area contributed by atoms with Crippen molar-refractivity contribution in [1.29, 1.82) is 0 Å². The third kappa shape index (κ3) is 6.05. The van der Waals surface area contributed by atoms with Crippen molar-refractivity contribution in [3.8, 4) is 22.8 Å². The van der Waals surface area contributed by atoms with E-state index >= 15 is 0 Å². The number of urea groups is 1. The van der Waals surface area contributed by atoms with E-state index in [4.69, 9.17) is 19.2 Å². The fraction of sp³-hybridized carbons (Fsp3) is 0.148. The highest BCUT2D eigenvalue weighted by atomic mass is 16.6. The zero-order valence-electron chi connectivity index (χ0n) is 19.4. The highest BCUT2D eigenvalue weighted by Crippen LogP contribution is 2.32. The largest absolute Gasteiger partial charge is 0.494 e. The van der Waals surface area contributed by atoms with Crippen molar-refractivity contribution in [3.63, 3.8) is 0 Å². The van der Waals surface area contributed by atoms with E-state index in [0.29, 0.717) is 40.3 Å². The summed E-state index contributed by atoms with van der Waals surface area (Å²) in [5.41, 5.74) is 3.44. The lowest BCUT2D eigenvalue weighted by Crippen LogP contribution is -2.19. The van der Waals surface area contributed by atoms with Gasteiger partial charge in [-0.05, 0) is 49.4 Å². The van der Waals surface area contributed by atoms with Crippen LogP contribution in [0.5, 0.6) is 11.5 Å². The second-order valence-corrected chi connectivity index (χ2v) is 7.50. The number of esters is 1. The Morgan fingerprint density at radius 2 is 1.57 bits per heavy atom. The van der Waals surface area contributed by atoms with Crippen LogP contribution in [0.1, 0.15) is 6.92 Å². The number of benzene rings is 3. The molecule has 0 bridgehead atoms. The second-order valence-electron chi connectivity index (χ2n) is 7.50. The minimum Gasteiger partial charge on any atom is -0.494 e. The van der Waals surface area contributed by atoms with Crippen LogP contribution in [0.4, 0.5) is 16.2 Å². The summed E-state index contributed by atoms with van der Waals surface area (Å²) in [6, 6.07) is 23.4. The predicted octanol–water partition coefficient (Wildman–Crippen LogP) is 5.50. The van der Waals surface area contributed by atoms with Crippen molar-refractivity contribution >= 4 is 34.3 Å². The molecule has 0 fully saturated rings. The molecule has 0 aliphatic carbocycles. The lowest BCUT2D eigenvalue weighted by atomic mass is 10.1. The number of rotatable bonds is 8. The maximum Gasteiger partial charge on any atom is 0.343 e. The molecule has 0 unspecified atom stereocenters. The average molecular weight is 472 g/mol. The van der Waals surface area contributed by atoms with Gasteiger partial charge in [0.25, 0.3) is 0 Å². The summed E-state index contributed by atoms with van der Waals surface area (Å²) in [6.45, 7) is 2.23. The predicted molar refractivity (Wildman–Crippen MR) is 135 cm³/mol. The summed E-state index contributed by atoms with van der Waals surface area (Å²) in [5, 5.41) is 6.25. The van der Waals surface area contributed by atoms with E-state index in [0.717, 1.165) is 11.3 Å². The standard InChI is InChI=1S/C27H25N3O5/c1-3-34-21-12-9-19(10-13-21)28-27(32)29-20-11-14-23-22(15-20)25(35-17-26(31)33-2)16-24(30-23)18-7-5-4-6-8-18/h4-16H,3,17H2,1-2H3,(H2,28,29,32). The first-order chi connectivity index (χ1) is 17.1. The van der Waals surface area contributed by atoms with Gasteiger partial charge in [0.15, 0.2) is 6.61 Å². The molecule has 1 aromatic heterocycles. The molecule has 0 radical (unpaired) electrons. The Morgan fingerprint density at radius 1 is 0.857 bits per heavy atom. The smallest absolute Gasteiger partial charge is 0.343 e. The molecule has 3 aromatic carbocycles. The Morgan fingerprint density at radius 3 is 2.29 bits per heavy atom. The zero-order chi connectivity index (χ0) is 24.6. The first kappa shape index (κ1) is 23.6. The normalized spacial score (nSPS) is 10.5. The Labute approximate surface area is 202 Å². The Hall–Kier alpha value is -4.59. The highest BCUT2D eigenvalue weighted by molar-refractivity contribution is 6.01. The van der Waals surface area contributed by atoms with E-state index in [2.05, 4.69) is 10.6 Å². The van der Waals surface area contributed by atoms with Crippen molar-refractivity contribution in [2.75, 3.05) is 31.0 Å². The summed E-state index contributed by atoms with van der Waals surface area (Å²) in [5.74, 6) is 0.685. The lowest BCUT2D eigenvalue weighted by Gasteiger charge is -2.13. The second kappa shape index (κ2) is 11.0. The first-order valence-electron chi connectivity index (χ1n) is 11.1. The molecule has 1 heterocycles. The van der Waals surface area contributed by atoms with E-state index in [-0.39, 0.29) is 6.61 Å². The Balaban J connectivity index is 1.58. The monoisotopic (exact) mass is 471 g/mol. The highest BCUT2D eigenvalue weighted by Gasteiger charge is 2.13. The van der Waals surface area contributed by atoms with Crippen LogP contribution < -0.4 is 20.1 Å². The molecule has 178 valence electrons. The summed E-state index contributed by atoms with van der Waals surface area (Å²) in [4.78, 5) is 29.0. The number of amides is 2. The molecule has 2 amide bonds. The van der Waals surface area contributed by atoms with Gasteiger partial charge >= 0.3 is 12.0 Å². The molecule has 0 atom stereocenters. The molecule has 4 rings (SSSR count). The number of pyridine rings is 1. The summed E-state index contributed by atoms with van der Waals surface area (Å²) in [6.07, 6.45) is 0. The van der Waals surface area contributed by atoms with Crippen LogP contribution in [0.2, 0.25) is 0 Å². The number of hydrogen-bond donors (Lipinski definition) is 2. The molecule has 0 aliphatic rings. The summed E-state index contributed by atoms with van der Waals surface area (Å²) in [7, 11) is 1.30. The number of methoxy groups -OCH3 is 1. The number of carbonyl (C=O) groups is 2. The lowest BCUT2D eigenvalue weighted by molar-refractivity contribution is -0.142. The van der Waals surface area contributed by atoms with Crippen molar-refractivity contribution in [1.82, 2.24) is 4.98 Å². The fourth-order valence-corrected chi connectivity index (χ4v) is 3.44. The molecule has 2 N–H and O–H groups in total. The van der Waals surface area contributed by atoms with Crippen LogP contribution in [-0.4, -0.2) is 37.3 Å². The van der Waals surface area contributed by atoms with Crippen LogP contribution in [0.15, 0.2) is 78.9 Å². The number of carbonyl (C=O) groups excluding carboxylic acids is 2. The fourth-order valence-electron chi connectivity index (χ4n) is 3.44. The van der Waals surface area contributed by atoms with Crippen LogP contribution in [0.3, 0.4) is 0 Å². The number of nitrogens with one attached hydrogen (secondary N) is 2. The average Bonchev–Trinajstić information content (AvgIpc) is 2.88. The van der Waals surface area contributed by atoms with E-state index in [9.17, 15) is 9.59 Å². The van der Waals surface area contributed by atoms with E-state index in [1.54, 1.807) is 48.5 Å². The van der Waals surface area contributed by atoms with E-state index in [1.165, 1.54) is 7.11 Å². The molecule has 4 aromatic rings. The number of aromatic nitrogens is 1. The van der Waals surface area contributed by atoms with Crippen LogP contribution in [0, 0.1) is 0 Å². The third-order valence-electron chi connectivity index (χ3n) is 5.09. The van der Waals surface area contributed by atoms with Crippen molar-refractivity contribution < 1.29 is 23.8 Å². The summed E-state index contributed by atoms with van der Waals surface area (Å²) >= 11 is 0. The minimum absolute atomic E-state index is 0.250. The Bertz CT molecular complexity index is 1320. The number of ether oxygens (including phenoxy) is 3. The van der Waals surface area contributed by atoms with Gasteiger partial charge in [-0.2, -0.15) is 0 Å². The maximum atomic E-state index is 12.5. The van der Waals surface area contributed by atoms with Gasteiger partial charge in [-0.1, -0.05) is 30.3 Å². The Kier molecular flexibility index (Phi) is 7.42. The quantitative estimate of drug-likeness (QED) is 0.330. The van der Waals surface area contributed by atoms with Gasteiger partial charge in [0.2, 0.25) is 0 Å². The summed E-state index contributed by atoms with van der Waals surface area (Å²) < 4.78 is 15.9. The van der Waals surface area contributed by atoms with Gasteiger partial charge in [-0.3, -0.25) is 0 Å². The van der Waals surface area contributed by atoms with Crippen LogP contribution >= 0.6 is 0 Å². The van der Waals surface area contributed by atoms with Gasteiger partial charge in [0, 0.05) is 28.4 Å². The molecular formula is C27H25N3O5. The van der Waals surface area contributed by atoms with Gasteiger partial charge in [-0.25, -0.2) is 14.6 Å². The molecule has 8 nitrogen and oxygen atoms in total. The van der Waals surface area contributed by atoms with Crippen molar-refractivity contribution in [2.24, 2.45) is 0 Å². The minimum atomic E-state index is -0.500. The van der Waals surface area contributed by atoms with Crippen molar-refractivity contribution in [2.45, 2.75) is 6.92 Å². The zero-order valence-corrected chi connectivity index (χ0v) is 19.4. The third-order valence-corrected chi connectivity index (χ3v) is 5.09. The van der Waals surface area contributed by atoms with E-state index < -0.39 is 12.0 Å². The van der Waals surface area contributed by atoms with Gasteiger partial charge in [0.05, 0.1) is 24.9 Å². The number of hydrogen-bond acceptors (Lipinski definition) is 6.